The van der Waals surface area contributed by atoms with E-state index in [0.717, 1.165) is 45.6 Å². The Hall–Kier alpha value is -0.610. The van der Waals surface area contributed by atoms with Gasteiger partial charge in [-0.15, -0.1) is 0 Å². The third-order valence-corrected chi connectivity index (χ3v) is 5.42. The number of likely N-dealkylation sites (tertiary alicyclic amines) is 2. The molecule has 0 spiro atoms. The van der Waals surface area contributed by atoms with E-state index in [9.17, 15) is 4.79 Å². The molecule has 0 bridgehead atoms. The number of carbonyl (C=O) groups is 1. The smallest absolute Gasteiger partial charge is 0.225 e. The number of amides is 1. The van der Waals surface area contributed by atoms with Crippen LogP contribution in [0.2, 0.25) is 0 Å². The summed E-state index contributed by atoms with van der Waals surface area (Å²) < 4.78 is 0. The van der Waals surface area contributed by atoms with E-state index in [4.69, 9.17) is 0 Å². The maximum Gasteiger partial charge on any atom is 0.225 e. The van der Waals surface area contributed by atoms with Gasteiger partial charge in [-0.1, -0.05) is 6.92 Å². The first-order valence-electron chi connectivity index (χ1n) is 8.38. The minimum Gasteiger partial charge on any atom is -0.342 e. The highest BCUT2D eigenvalue weighted by Gasteiger charge is 2.34. The summed E-state index contributed by atoms with van der Waals surface area (Å²) in [7, 11) is 0. The predicted octanol–water partition coefficient (Wildman–Crippen LogP) is 1.32. The molecule has 0 saturated carbocycles. The van der Waals surface area contributed by atoms with E-state index in [2.05, 4.69) is 22.0 Å². The lowest BCUT2D eigenvalue weighted by molar-refractivity contribution is -0.136. The molecule has 1 unspecified atom stereocenters. The van der Waals surface area contributed by atoms with E-state index in [1.165, 1.54) is 32.4 Å². The number of nitrogens with zero attached hydrogens (tertiary/aromatic N) is 2. The summed E-state index contributed by atoms with van der Waals surface area (Å²) in [5, 5.41) is 3.48. The summed E-state index contributed by atoms with van der Waals surface area (Å²) >= 11 is 0. The molecular formula is C16H29N3O. The summed E-state index contributed by atoms with van der Waals surface area (Å²) in [4.78, 5) is 17.1. The van der Waals surface area contributed by atoms with Crippen LogP contribution in [0.3, 0.4) is 0 Å². The zero-order valence-corrected chi connectivity index (χ0v) is 12.9. The second-order valence-corrected chi connectivity index (χ2v) is 7.32. The fourth-order valence-electron chi connectivity index (χ4n) is 4.08. The van der Waals surface area contributed by atoms with Gasteiger partial charge in [0.05, 0.1) is 0 Å². The van der Waals surface area contributed by atoms with Crippen molar-refractivity contribution in [2.45, 2.75) is 39.0 Å². The van der Waals surface area contributed by atoms with E-state index < -0.39 is 0 Å². The first kappa shape index (κ1) is 14.3. The van der Waals surface area contributed by atoms with E-state index in [1.807, 2.05) is 0 Å². The van der Waals surface area contributed by atoms with Gasteiger partial charge in [0.1, 0.15) is 0 Å². The standard InChI is InChI=1S/C16H29N3O/c1-16(6-7-17-12-16)13-18-10-4-14(5-11-18)15(20)19-8-2-3-9-19/h14,17H,2-13H2,1H3. The highest BCUT2D eigenvalue weighted by atomic mass is 16.2. The quantitative estimate of drug-likeness (QED) is 0.846. The summed E-state index contributed by atoms with van der Waals surface area (Å²) in [6.45, 7) is 10.1. The molecule has 3 saturated heterocycles. The molecule has 20 heavy (non-hydrogen) atoms. The molecule has 3 rings (SSSR count). The molecule has 114 valence electrons. The Labute approximate surface area is 122 Å². The SMILES string of the molecule is CC1(CN2CCC(C(=O)N3CCCC3)CC2)CCNC1. The van der Waals surface area contributed by atoms with Gasteiger partial charge in [-0.2, -0.15) is 0 Å². The molecule has 3 heterocycles. The lowest BCUT2D eigenvalue weighted by Gasteiger charge is -2.37. The van der Waals surface area contributed by atoms with Crippen molar-refractivity contribution in [2.24, 2.45) is 11.3 Å². The summed E-state index contributed by atoms with van der Waals surface area (Å²) in [5.41, 5.74) is 0.450. The minimum atomic E-state index is 0.304. The minimum absolute atomic E-state index is 0.304. The van der Waals surface area contributed by atoms with Gasteiger partial charge < -0.3 is 15.1 Å². The molecule has 1 N–H and O–H groups in total. The summed E-state index contributed by atoms with van der Waals surface area (Å²) in [6.07, 6.45) is 5.84. The Kier molecular flexibility index (Phi) is 4.32. The van der Waals surface area contributed by atoms with Gasteiger partial charge in [-0.25, -0.2) is 0 Å². The number of piperidine rings is 1. The maximum atomic E-state index is 12.4. The van der Waals surface area contributed by atoms with Crippen LogP contribution in [0, 0.1) is 11.3 Å². The van der Waals surface area contributed by atoms with Crippen LogP contribution in [-0.2, 0) is 4.79 Å². The van der Waals surface area contributed by atoms with Crippen molar-refractivity contribution in [3.05, 3.63) is 0 Å². The molecule has 3 aliphatic rings. The predicted molar refractivity (Wildman–Crippen MR) is 80.6 cm³/mol. The molecule has 1 atom stereocenters. The van der Waals surface area contributed by atoms with E-state index in [0.29, 0.717) is 17.2 Å². The average molecular weight is 279 g/mol. The molecule has 4 heteroatoms. The van der Waals surface area contributed by atoms with Crippen molar-refractivity contribution in [1.82, 2.24) is 15.1 Å². The van der Waals surface area contributed by atoms with Crippen molar-refractivity contribution >= 4 is 5.91 Å². The van der Waals surface area contributed by atoms with Gasteiger partial charge in [0.2, 0.25) is 5.91 Å². The molecule has 0 radical (unpaired) electrons. The van der Waals surface area contributed by atoms with Gasteiger partial charge in [-0.3, -0.25) is 4.79 Å². The first-order valence-corrected chi connectivity index (χ1v) is 8.38. The largest absolute Gasteiger partial charge is 0.342 e. The zero-order valence-electron chi connectivity index (χ0n) is 12.9. The monoisotopic (exact) mass is 279 g/mol. The van der Waals surface area contributed by atoms with Crippen LogP contribution >= 0.6 is 0 Å². The van der Waals surface area contributed by atoms with Crippen molar-refractivity contribution in [3.63, 3.8) is 0 Å². The molecular weight excluding hydrogens is 250 g/mol. The molecule has 0 aromatic carbocycles. The topological polar surface area (TPSA) is 35.6 Å². The van der Waals surface area contributed by atoms with E-state index in [1.54, 1.807) is 0 Å². The lowest BCUT2D eigenvalue weighted by Crippen LogP contribution is -2.45. The van der Waals surface area contributed by atoms with Gasteiger partial charge >= 0.3 is 0 Å². The normalized spacial score (nSPS) is 33.0. The van der Waals surface area contributed by atoms with Crippen molar-refractivity contribution in [3.8, 4) is 0 Å². The van der Waals surface area contributed by atoms with Crippen molar-refractivity contribution < 1.29 is 4.79 Å². The summed E-state index contributed by atoms with van der Waals surface area (Å²) in [6, 6.07) is 0. The van der Waals surface area contributed by atoms with E-state index in [-0.39, 0.29) is 0 Å². The van der Waals surface area contributed by atoms with Crippen LogP contribution in [0.15, 0.2) is 0 Å². The van der Waals surface area contributed by atoms with Gasteiger partial charge in [0.15, 0.2) is 0 Å². The second-order valence-electron chi connectivity index (χ2n) is 7.32. The lowest BCUT2D eigenvalue weighted by atomic mass is 9.87. The molecule has 0 aromatic heterocycles. The van der Waals surface area contributed by atoms with Gasteiger partial charge in [0, 0.05) is 32.1 Å². The third kappa shape index (κ3) is 3.17. The molecule has 0 aliphatic carbocycles. The Balaban J connectivity index is 1.45. The Bertz CT molecular complexity index is 338. The summed E-state index contributed by atoms with van der Waals surface area (Å²) in [5.74, 6) is 0.745. The van der Waals surface area contributed by atoms with Gasteiger partial charge in [-0.05, 0) is 57.2 Å². The molecule has 3 aliphatic heterocycles. The molecule has 3 fully saturated rings. The number of hydrogen-bond donors (Lipinski definition) is 1. The number of carbonyl (C=O) groups excluding carboxylic acids is 1. The van der Waals surface area contributed by atoms with Crippen molar-refractivity contribution in [1.29, 1.82) is 0 Å². The Morgan fingerprint density at radius 3 is 2.50 bits per heavy atom. The molecule has 0 aromatic rings. The van der Waals surface area contributed by atoms with Gasteiger partial charge in [0.25, 0.3) is 0 Å². The van der Waals surface area contributed by atoms with E-state index >= 15 is 0 Å². The number of hydrogen-bond acceptors (Lipinski definition) is 3. The van der Waals surface area contributed by atoms with Crippen molar-refractivity contribution in [2.75, 3.05) is 45.8 Å². The fraction of sp³-hybridized carbons (Fsp3) is 0.938. The zero-order chi connectivity index (χ0) is 14.0. The Morgan fingerprint density at radius 1 is 1.20 bits per heavy atom. The average Bonchev–Trinajstić information content (AvgIpc) is 3.10. The maximum absolute atomic E-state index is 12.4. The fourth-order valence-corrected chi connectivity index (χ4v) is 4.08. The van der Waals surface area contributed by atoms with Crippen LogP contribution in [0.25, 0.3) is 0 Å². The third-order valence-electron chi connectivity index (χ3n) is 5.42. The molecule has 4 nitrogen and oxygen atoms in total. The number of rotatable bonds is 3. The van der Waals surface area contributed by atoms with Crippen LogP contribution in [0.5, 0.6) is 0 Å². The van der Waals surface area contributed by atoms with Crippen LogP contribution in [-0.4, -0.2) is 61.5 Å². The highest BCUT2D eigenvalue weighted by molar-refractivity contribution is 5.79. The number of nitrogens with one attached hydrogen (secondary N) is 1. The second kappa shape index (κ2) is 6.02. The molecule has 1 amide bonds. The van der Waals surface area contributed by atoms with Crippen LogP contribution in [0.1, 0.15) is 39.0 Å². The van der Waals surface area contributed by atoms with Crippen LogP contribution < -0.4 is 5.32 Å². The Morgan fingerprint density at radius 2 is 1.90 bits per heavy atom. The van der Waals surface area contributed by atoms with Crippen LogP contribution in [0.4, 0.5) is 0 Å². The highest BCUT2D eigenvalue weighted by Crippen LogP contribution is 2.29. The first-order chi connectivity index (χ1) is 9.66.